The number of primary amides is 1. The highest BCUT2D eigenvalue weighted by atomic mass is 16.5. The number of ether oxygens (including phenoxy) is 2. The third kappa shape index (κ3) is 5.52. The third-order valence-electron chi connectivity index (χ3n) is 9.25. The third-order valence-corrected chi connectivity index (χ3v) is 9.25. The summed E-state index contributed by atoms with van der Waals surface area (Å²) in [4.78, 5) is 69.6. The first-order valence-electron chi connectivity index (χ1n) is 16.0. The monoisotopic (exact) mass is 684 g/mol. The van der Waals surface area contributed by atoms with E-state index in [1.165, 1.54) is 35.8 Å². The van der Waals surface area contributed by atoms with Crippen molar-refractivity contribution in [2.75, 3.05) is 75.5 Å². The number of amides is 3. The number of rotatable bonds is 6. The Bertz CT molecular complexity index is 1910. The number of anilines is 3. The second-order valence-corrected chi connectivity index (χ2v) is 12.1. The fraction of sp³-hybridized carbons (Fsp3) is 0.375. The second-order valence-electron chi connectivity index (χ2n) is 12.1. The SMILES string of the molecule is Cc1cc(N2C3=C(CCN3C(=O)O)C(c3cnc(N)nc3)=NC2(c2cnc(N)nc2)N2CCOCC2)c(C(=O)N2CCOCC2)cc1C(N)=O. The quantitative estimate of drug-likeness (QED) is 0.274. The van der Waals surface area contributed by atoms with Gasteiger partial charge in [-0.2, -0.15) is 0 Å². The molecule has 6 heterocycles. The van der Waals surface area contributed by atoms with Crippen molar-refractivity contribution < 1.29 is 29.0 Å². The van der Waals surface area contributed by atoms with Gasteiger partial charge in [-0.15, -0.1) is 0 Å². The lowest BCUT2D eigenvalue weighted by atomic mass is 9.93. The first kappa shape index (κ1) is 32.8. The minimum Gasteiger partial charge on any atom is -0.465 e. The summed E-state index contributed by atoms with van der Waals surface area (Å²) in [6, 6.07) is 3.15. The van der Waals surface area contributed by atoms with Crippen LogP contribution in [0, 0.1) is 6.92 Å². The average molecular weight is 685 g/mol. The van der Waals surface area contributed by atoms with E-state index in [1.54, 1.807) is 22.8 Å². The molecule has 3 amide bonds. The van der Waals surface area contributed by atoms with Gasteiger partial charge >= 0.3 is 6.09 Å². The molecule has 0 radical (unpaired) electrons. The van der Waals surface area contributed by atoms with Crippen molar-refractivity contribution in [3.8, 4) is 0 Å². The number of nitrogens with zero attached hydrogens (tertiary/aromatic N) is 9. The molecule has 2 aromatic heterocycles. The zero-order valence-corrected chi connectivity index (χ0v) is 27.3. The van der Waals surface area contributed by atoms with E-state index >= 15 is 0 Å². The van der Waals surface area contributed by atoms with Crippen LogP contribution in [0.2, 0.25) is 0 Å². The maximum absolute atomic E-state index is 14.5. The van der Waals surface area contributed by atoms with Crippen LogP contribution in [0.25, 0.3) is 0 Å². The number of hydrogen-bond donors (Lipinski definition) is 4. The molecular formula is C32H36N12O6. The number of nitrogens with two attached hydrogens (primary N) is 3. The van der Waals surface area contributed by atoms with Crippen LogP contribution in [0.4, 0.5) is 22.4 Å². The van der Waals surface area contributed by atoms with E-state index in [4.69, 9.17) is 31.7 Å². The molecule has 4 aliphatic rings. The summed E-state index contributed by atoms with van der Waals surface area (Å²) < 4.78 is 11.3. The lowest BCUT2D eigenvalue weighted by molar-refractivity contribution is -0.0237. The van der Waals surface area contributed by atoms with Crippen LogP contribution < -0.4 is 22.1 Å². The molecule has 2 saturated heterocycles. The number of nitrogen functional groups attached to an aromatic ring is 2. The molecule has 1 atom stereocenters. The highest BCUT2D eigenvalue weighted by Gasteiger charge is 2.55. The molecular weight excluding hydrogens is 648 g/mol. The van der Waals surface area contributed by atoms with E-state index in [2.05, 4.69) is 19.9 Å². The number of hydrogen-bond acceptors (Lipinski definition) is 14. The van der Waals surface area contributed by atoms with Gasteiger partial charge in [0, 0.05) is 74.2 Å². The molecule has 2 fully saturated rings. The summed E-state index contributed by atoms with van der Waals surface area (Å²) in [6.07, 6.45) is 5.20. The van der Waals surface area contributed by atoms with Gasteiger partial charge in [-0.25, -0.2) is 29.7 Å². The summed E-state index contributed by atoms with van der Waals surface area (Å²) >= 11 is 0. The van der Waals surface area contributed by atoms with Gasteiger partial charge in [-0.3, -0.25) is 24.3 Å². The highest BCUT2D eigenvalue weighted by molar-refractivity contribution is 6.15. The lowest BCUT2D eigenvalue weighted by Gasteiger charge is -2.53. The lowest BCUT2D eigenvalue weighted by Crippen LogP contribution is -2.63. The summed E-state index contributed by atoms with van der Waals surface area (Å²) in [6.45, 7) is 4.43. The Labute approximate surface area is 286 Å². The Balaban J connectivity index is 1.60. The predicted molar refractivity (Wildman–Crippen MR) is 179 cm³/mol. The molecule has 3 aromatic rings. The van der Waals surface area contributed by atoms with Gasteiger partial charge in [0.25, 0.3) is 5.91 Å². The highest BCUT2D eigenvalue weighted by Crippen LogP contribution is 2.50. The van der Waals surface area contributed by atoms with Crippen molar-refractivity contribution in [3.63, 3.8) is 0 Å². The summed E-state index contributed by atoms with van der Waals surface area (Å²) in [5, 5.41) is 10.7. The fourth-order valence-corrected chi connectivity index (χ4v) is 6.90. The Hall–Kier alpha value is -5.72. The number of benzene rings is 1. The Morgan fingerprint density at radius 3 is 2.04 bits per heavy atom. The van der Waals surface area contributed by atoms with E-state index in [9.17, 15) is 19.5 Å². The maximum Gasteiger partial charge on any atom is 0.412 e. The molecule has 7 rings (SSSR count). The van der Waals surface area contributed by atoms with Gasteiger partial charge in [-0.05, 0) is 31.0 Å². The number of carbonyl (C=O) groups excluding carboxylic acids is 2. The predicted octanol–water partition coefficient (Wildman–Crippen LogP) is 0.358. The van der Waals surface area contributed by atoms with Crippen LogP contribution in [0.3, 0.4) is 0 Å². The van der Waals surface area contributed by atoms with Crippen molar-refractivity contribution in [2.45, 2.75) is 19.1 Å². The smallest absolute Gasteiger partial charge is 0.412 e. The topological polar surface area (TPSA) is 245 Å². The zero-order chi connectivity index (χ0) is 35.2. The molecule has 0 saturated carbocycles. The van der Waals surface area contributed by atoms with E-state index in [0.717, 1.165) is 0 Å². The van der Waals surface area contributed by atoms with Crippen LogP contribution in [0.5, 0.6) is 0 Å². The number of aliphatic imine (C=N–C) groups is 1. The maximum atomic E-state index is 14.5. The number of morpholine rings is 2. The molecule has 7 N–H and O–H groups in total. The van der Waals surface area contributed by atoms with Gasteiger partial charge in [0.05, 0.1) is 49.0 Å². The van der Waals surface area contributed by atoms with E-state index in [0.29, 0.717) is 86.3 Å². The Morgan fingerprint density at radius 1 is 0.840 bits per heavy atom. The van der Waals surface area contributed by atoms with Crippen molar-refractivity contribution >= 4 is 41.2 Å². The van der Waals surface area contributed by atoms with E-state index < -0.39 is 17.8 Å². The normalized spacial score (nSPS) is 21.2. The second kappa shape index (κ2) is 13.0. The Kier molecular flexibility index (Phi) is 8.50. The van der Waals surface area contributed by atoms with Crippen LogP contribution in [0.15, 0.2) is 53.3 Å². The molecule has 0 aliphatic carbocycles. The molecule has 0 bridgehead atoms. The first-order valence-corrected chi connectivity index (χ1v) is 16.0. The fourth-order valence-electron chi connectivity index (χ4n) is 6.90. The van der Waals surface area contributed by atoms with Gasteiger partial charge in [0.1, 0.15) is 5.82 Å². The van der Waals surface area contributed by atoms with E-state index in [1.807, 2.05) is 4.90 Å². The Morgan fingerprint density at radius 2 is 1.44 bits per heavy atom. The molecule has 18 nitrogen and oxygen atoms in total. The molecule has 1 aromatic carbocycles. The van der Waals surface area contributed by atoms with Crippen molar-refractivity contribution in [3.05, 3.63) is 76.1 Å². The first-order chi connectivity index (χ1) is 24.1. The molecule has 1 unspecified atom stereocenters. The largest absolute Gasteiger partial charge is 0.465 e. The van der Waals surface area contributed by atoms with Crippen molar-refractivity contribution in [1.29, 1.82) is 0 Å². The molecule has 18 heteroatoms. The van der Waals surface area contributed by atoms with Crippen LogP contribution in [-0.4, -0.2) is 123 Å². The van der Waals surface area contributed by atoms with Gasteiger partial charge in [-0.1, -0.05) is 0 Å². The molecule has 4 aliphatic heterocycles. The minimum atomic E-state index is -1.63. The minimum absolute atomic E-state index is 0.0159. The van der Waals surface area contributed by atoms with Crippen LogP contribution in [0.1, 0.15) is 43.8 Å². The number of aromatic nitrogens is 4. The van der Waals surface area contributed by atoms with Crippen molar-refractivity contribution in [2.24, 2.45) is 10.7 Å². The van der Waals surface area contributed by atoms with E-state index in [-0.39, 0.29) is 47.7 Å². The molecule has 0 spiro atoms. The number of carbonyl (C=O) groups is 3. The summed E-state index contributed by atoms with van der Waals surface area (Å²) in [5.41, 5.74) is 20.6. The zero-order valence-electron chi connectivity index (χ0n) is 27.3. The van der Waals surface area contributed by atoms with Crippen LogP contribution >= 0.6 is 0 Å². The van der Waals surface area contributed by atoms with Gasteiger partial charge < -0.3 is 36.7 Å². The van der Waals surface area contributed by atoms with Crippen molar-refractivity contribution in [1.82, 2.24) is 34.6 Å². The van der Waals surface area contributed by atoms with Gasteiger partial charge in [0.2, 0.25) is 23.6 Å². The summed E-state index contributed by atoms with van der Waals surface area (Å²) in [5.74, 6) is -2.41. The standard InChI is InChI=1S/C32H36N12O6/c1-18-12-24(23(13-22(18)26(33)45)28(46)41-4-8-49-9-5-41)44-27-21(2-3-43(27)31(47)48)25(19-14-36-29(34)37-15-19)40-32(44,42-6-10-50-11-7-42)20-16-38-30(35)39-17-20/h12-17H,2-11H2,1H3,(H2,33,45)(H,47,48)(H2,34,36,37)(H2,35,38,39). The number of aryl methyl sites for hydroxylation is 1. The van der Waals surface area contributed by atoms with Gasteiger partial charge in [0.15, 0.2) is 0 Å². The number of carboxylic acid groups (broad SMARTS) is 1. The average Bonchev–Trinajstić information content (AvgIpc) is 3.57. The van der Waals surface area contributed by atoms with Crippen LogP contribution in [-0.2, 0) is 15.3 Å². The molecule has 50 heavy (non-hydrogen) atoms. The molecule has 260 valence electrons. The summed E-state index contributed by atoms with van der Waals surface area (Å²) in [7, 11) is 0.